The van der Waals surface area contributed by atoms with E-state index in [2.05, 4.69) is 10.2 Å². The molecule has 1 N–H and O–H groups in total. The van der Waals surface area contributed by atoms with Crippen molar-refractivity contribution in [2.75, 3.05) is 32.9 Å². The van der Waals surface area contributed by atoms with Crippen LogP contribution in [0.3, 0.4) is 0 Å². The highest BCUT2D eigenvalue weighted by Crippen LogP contribution is 2.22. The monoisotopic (exact) mass is 379 g/mol. The van der Waals surface area contributed by atoms with Gasteiger partial charge < -0.3 is 10.0 Å². The molecule has 0 radical (unpaired) electrons. The Balaban J connectivity index is 1.69. The van der Waals surface area contributed by atoms with Crippen molar-refractivity contribution in [3.05, 3.63) is 42.5 Å². The Morgan fingerprint density at radius 2 is 1.81 bits per heavy atom. The quantitative estimate of drug-likeness (QED) is 0.757. The molecule has 26 heavy (non-hydrogen) atoms. The third-order valence-electron chi connectivity index (χ3n) is 4.51. The molecule has 0 aliphatic carbocycles. The van der Waals surface area contributed by atoms with Crippen LogP contribution in [0.15, 0.2) is 36.9 Å². The first kappa shape index (κ1) is 18.5. The van der Waals surface area contributed by atoms with Crippen molar-refractivity contribution in [1.82, 2.24) is 24.0 Å². The van der Waals surface area contributed by atoms with Gasteiger partial charge in [0.1, 0.15) is 12.7 Å². The molecule has 2 heterocycles. The molecule has 1 fully saturated rings. The number of amides is 1. The molecule has 3 rings (SSSR count). The lowest BCUT2D eigenvalue weighted by Gasteiger charge is -2.18. The topological polar surface area (TPSA) is 109 Å². The minimum absolute atomic E-state index is 0.125. The molecule has 1 aliphatic rings. The SMILES string of the molecule is CN(C)S(=O)(=O)C[C@@H]1CN(C(=O)c2ccc(-n3cnnc3)cc2)C[C@H]1O. The van der Waals surface area contributed by atoms with Crippen LogP contribution < -0.4 is 0 Å². The van der Waals surface area contributed by atoms with E-state index in [0.717, 1.165) is 9.99 Å². The van der Waals surface area contributed by atoms with E-state index in [1.807, 2.05) is 0 Å². The summed E-state index contributed by atoms with van der Waals surface area (Å²) in [7, 11) is -0.528. The molecule has 0 saturated carbocycles. The first-order valence-electron chi connectivity index (χ1n) is 8.10. The molecule has 1 aromatic carbocycles. The number of carbonyl (C=O) groups is 1. The lowest BCUT2D eigenvalue weighted by molar-refractivity contribution is 0.0764. The summed E-state index contributed by atoms with van der Waals surface area (Å²) in [5.41, 5.74) is 1.30. The maximum Gasteiger partial charge on any atom is 0.253 e. The number of carbonyl (C=O) groups excluding carboxylic acids is 1. The van der Waals surface area contributed by atoms with Gasteiger partial charge in [-0.25, -0.2) is 12.7 Å². The zero-order valence-electron chi connectivity index (χ0n) is 14.6. The molecule has 2 aromatic rings. The van der Waals surface area contributed by atoms with Gasteiger partial charge in [-0.3, -0.25) is 9.36 Å². The summed E-state index contributed by atoms with van der Waals surface area (Å²) < 4.78 is 26.9. The minimum atomic E-state index is -3.44. The van der Waals surface area contributed by atoms with Crippen LogP contribution in [-0.4, -0.2) is 82.4 Å². The summed E-state index contributed by atoms with van der Waals surface area (Å²) in [6.07, 6.45) is 2.26. The second-order valence-corrected chi connectivity index (χ2v) is 8.74. The normalized spacial score (nSPS) is 20.7. The lowest BCUT2D eigenvalue weighted by Crippen LogP contribution is -2.33. The summed E-state index contributed by atoms with van der Waals surface area (Å²) in [5, 5.41) is 17.6. The molecule has 10 heteroatoms. The maximum atomic E-state index is 12.7. The van der Waals surface area contributed by atoms with Gasteiger partial charge >= 0.3 is 0 Å². The molecular formula is C16H21N5O4S. The van der Waals surface area contributed by atoms with Crippen LogP contribution in [0.1, 0.15) is 10.4 Å². The fourth-order valence-electron chi connectivity index (χ4n) is 2.90. The number of β-amino-alcohol motifs (C(OH)–C–C–N with tert-alkyl or cyclic N) is 1. The summed E-state index contributed by atoms with van der Waals surface area (Å²) in [5.74, 6) is -0.913. The zero-order chi connectivity index (χ0) is 18.9. The summed E-state index contributed by atoms with van der Waals surface area (Å²) in [6, 6.07) is 6.93. The average molecular weight is 379 g/mol. The van der Waals surface area contributed by atoms with Crippen molar-refractivity contribution in [2.24, 2.45) is 5.92 Å². The van der Waals surface area contributed by atoms with Crippen molar-refractivity contribution in [3.8, 4) is 5.69 Å². The summed E-state index contributed by atoms with van der Waals surface area (Å²) >= 11 is 0. The Hall–Kier alpha value is -2.30. The van der Waals surface area contributed by atoms with Crippen LogP contribution in [0.4, 0.5) is 0 Å². The second kappa shape index (κ2) is 7.14. The highest BCUT2D eigenvalue weighted by Gasteiger charge is 2.37. The van der Waals surface area contributed by atoms with E-state index in [0.29, 0.717) is 5.56 Å². The van der Waals surface area contributed by atoms with Gasteiger partial charge in [0.2, 0.25) is 10.0 Å². The van der Waals surface area contributed by atoms with Gasteiger partial charge in [0.25, 0.3) is 5.91 Å². The Morgan fingerprint density at radius 1 is 1.19 bits per heavy atom. The van der Waals surface area contributed by atoms with Gasteiger partial charge in [0.05, 0.1) is 11.9 Å². The molecular weight excluding hydrogens is 358 g/mol. The number of aliphatic hydroxyl groups excluding tert-OH is 1. The van der Waals surface area contributed by atoms with Crippen molar-refractivity contribution in [1.29, 1.82) is 0 Å². The molecule has 0 unspecified atom stereocenters. The number of aromatic nitrogens is 3. The first-order valence-corrected chi connectivity index (χ1v) is 9.71. The highest BCUT2D eigenvalue weighted by atomic mass is 32.2. The summed E-state index contributed by atoms with van der Waals surface area (Å²) in [6.45, 7) is 0.333. The number of likely N-dealkylation sites (tertiary alicyclic amines) is 1. The number of hydrogen-bond donors (Lipinski definition) is 1. The summed E-state index contributed by atoms with van der Waals surface area (Å²) in [4.78, 5) is 14.2. The van der Waals surface area contributed by atoms with Crippen LogP contribution in [0, 0.1) is 5.92 Å². The van der Waals surface area contributed by atoms with Crippen LogP contribution in [0.5, 0.6) is 0 Å². The maximum absolute atomic E-state index is 12.7. The molecule has 9 nitrogen and oxygen atoms in total. The first-order chi connectivity index (χ1) is 12.3. The van der Waals surface area contributed by atoms with E-state index < -0.39 is 22.0 Å². The van der Waals surface area contributed by atoms with Crippen molar-refractivity contribution in [3.63, 3.8) is 0 Å². The number of nitrogens with zero attached hydrogens (tertiary/aromatic N) is 5. The lowest BCUT2D eigenvalue weighted by atomic mass is 10.1. The predicted octanol–water partition coefficient (Wildman–Crippen LogP) is -0.408. The van der Waals surface area contributed by atoms with E-state index in [4.69, 9.17) is 0 Å². The van der Waals surface area contributed by atoms with E-state index in [-0.39, 0.29) is 24.7 Å². The van der Waals surface area contributed by atoms with Crippen LogP contribution in [-0.2, 0) is 10.0 Å². The Morgan fingerprint density at radius 3 is 2.38 bits per heavy atom. The molecule has 1 amide bonds. The molecule has 1 aliphatic heterocycles. The number of rotatable bonds is 5. The van der Waals surface area contributed by atoms with Crippen molar-refractivity contribution < 1.29 is 18.3 Å². The van der Waals surface area contributed by atoms with E-state index in [9.17, 15) is 18.3 Å². The molecule has 1 aromatic heterocycles. The third kappa shape index (κ3) is 3.76. The smallest absolute Gasteiger partial charge is 0.253 e. The largest absolute Gasteiger partial charge is 0.391 e. The van der Waals surface area contributed by atoms with E-state index >= 15 is 0 Å². The Labute approximate surface area is 151 Å². The van der Waals surface area contributed by atoms with E-state index in [1.54, 1.807) is 41.5 Å². The standard InChI is InChI=1S/C16H21N5O4S/c1-19(2)26(24,25)9-13-7-20(8-15(13)22)16(23)12-3-5-14(6-4-12)21-10-17-18-11-21/h3-6,10-11,13,15,22H,7-9H2,1-2H3/t13-,15+/m0/s1. The fourth-order valence-corrected chi connectivity index (χ4v) is 4.06. The van der Waals surface area contributed by atoms with Crippen LogP contribution in [0.25, 0.3) is 5.69 Å². The van der Waals surface area contributed by atoms with Crippen molar-refractivity contribution >= 4 is 15.9 Å². The number of aliphatic hydroxyl groups is 1. The molecule has 2 atom stereocenters. The molecule has 0 bridgehead atoms. The van der Waals surface area contributed by atoms with Gasteiger partial charge in [-0.05, 0) is 24.3 Å². The molecule has 0 spiro atoms. The minimum Gasteiger partial charge on any atom is -0.391 e. The Bertz CT molecular complexity index is 865. The van der Waals surface area contributed by atoms with Gasteiger partial charge in [-0.15, -0.1) is 10.2 Å². The number of benzene rings is 1. The van der Waals surface area contributed by atoms with Crippen LogP contribution >= 0.6 is 0 Å². The molecule has 140 valence electrons. The van der Waals surface area contributed by atoms with Crippen LogP contribution in [0.2, 0.25) is 0 Å². The molecule has 1 saturated heterocycles. The van der Waals surface area contributed by atoms with Gasteiger partial charge in [-0.2, -0.15) is 0 Å². The van der Waals surface area contributed by atoms with Gasteiger partial charge in [0.15, 0.2) is 0 Å². The van der Waals surface area contributed by atoms with Gasteiger partial charge in [-0.1, -0.05) is 0 Å². The number of sulfonamides is 1. The zero-order valence-corrected chi connectivity index (χ0v) is 15.4. The highest BCUT2D eigenvalue weighted by molar-refractivity contribution is 7.89. The fraction of sp³-hybridized carbons (Fsp3) is 0.438. The van der Waals surface area contributed by atoms with E-state index in [1.165, 1.54) is 19.0 Å². The second-order valence-electron chi connectivity index (χ2n) is 6.51. The van der Waals surface area contributed by atoms with Gasteiger partial charge in [0, 0.05) is 44.4 Å². The van der Waals surface area contributed by atoms with Crippen molar-refractivity contribution in [2.45, 2.75) is 6.10 Å². The predicted molar refractivity (Wildman–Crippen MR) is 94.2 cm³/mol. The average Bonchev–Trinajstić information content (AvgIpc) is 3.25. The third-order valence-corrected chi connectivity index (χ3v) is 6.47. The Kier molecular flexibility index (Phi) is 5.08. The number of hydrogen-bond acceptors (Lipinski definition) is 6.